The lowest BCUT2D eigenvalue weighted by Crippen LogP contribution is -2.18. The molecule has 4 rings (SSSR count). The number of halogens is 1. The molecule has 0 saturated heterocycles. The van der Waals surface area contributed by atoms with E-state index in [4.69, 9.17) is 21.2 Å². The van der Waals surface area contributed by atoms with Crippen LogP contribution in [-0.4, -0.2) is 47.9 Å². The highest BCUT2D eigenvalue weighted by molar-refractivity contribution is 7.97. The molecule has 0 bridgehead atoms. The highest BCUT2D eigenvalue weighted by Gasteiger charge is 2.13. The summed E-state index contributed by atoms with van der Waals surface area (Å²) in [6, 6.07) is 28.7. The topological polar surface area (TPSA) is 109 Å². The van der Waals surface area contributed by atoms with Crippen LogP contribution in [-0.2, 0) is 33.9 Å². The second-order valence-corrected chi connectivity index (χ2v) is 10.0. The fourth-order valence-corrected chi connectivity index (χ4v) is 4.63. The van der Waals surface area contributed by atoms with Gasteiger partial charge in [-0.15, -0.1) is 0 Å². The number of aryl methyl sites for hydroxylation is 1. The van der Waals surface area contributed by atoms with Crippen LogP contribution in [0.2, 0.25) is 5.02 Å². The Labute approximate surface area is 275 Å². The van der Waals surface area contributed by atoms with Crippen molar-refractivity contribution in [3.05, 3.63) is 130 Å². The molecule has 240 valence electrons. The molecule has 45 heavy (non-hydrogen) atoms. The second kappa shape index (κ2) is 25.0. The maximum Gasteiger partial charge on any atom is 0.317 e. The number of hydrogen-bond acceptors (Lipinski definition) is 8. The molecule has 0 aliphatic heterocycles. The smallest absolute Gasteiger partial charge is 0.317 e. The van der Waals surface area contributed by atoms with Crippen LogP contribution in [0.3, 0.4) is 0 Å². The minimum Gasteiger partial charge on any atom is -0.355 e. The molecule has 0 unspecified atom stereocenters. The van der Waals surface area contributed by atoms with Crippen molar-refractivity contribution in [3.63, 3.8) is 0 Å². The van der Waals surface area contributed by atoms with Crippen molar-refractivity contribution < 1.29 is 24.1 Å². The van der Waals surface area contributed by atoms with Crippen LogP contribution < -0.4 is 5.32 Å². The summed E-state index contributed by atoms with van der Waals surface area (Å²) < 4.78 is 2.24. The molecule has 0 saturated carbocycles. The Morgan fingerprint density at radius 2 is 1.56 bits per heavy atom. The summed E-state index contributed by atoms with van der Waals surface area (Å²) >= 11 is 7.65. The number of rotatable bonds is 10. The summed E-state index contributed by atoms with van der Waals surface area (Å²) in [6.07, 6.45) is 2.73. The van der Waals surface area contributed by atoms with E-state index in [1.165, 1.54) is 7.11 Å². The zero-order valence-electron chi connectivity index (χ0n) is 26.4. The maximum atomic E-state index is 11.7. The molecule has 0 aliphatic rings. The molecule has 1 N–H and O–H groups in total. The predicted octanol–water partition coefficient (Wildman–Crippen LogP) is 7.68. The van der Waals surface area contributed by atoms with E-state index in [0.29, 0.717) is 22.7 Å². The van der Waals surface area contributed by atoms with Crippen LogP contribution >= 0.6 is 23.5 Å². The van der Waals surface area contributed by atoms with Gasteiger partial charge in [0.15, 0.2) is 7.11 Å². The Morgan fingerprint density at radius 3 is 2.09 bits per heavy atom. The van der Waals surface area contributed by atoms with Gasteiger partial charge in [-0.3, -0.25) is 9.78 Å². The van der Waals surface area contributed by atoms with Crippen molar-refractivity contribution in [2.75, 3.05) is 14.2 Å². The number of pyridine rings is 1. The number of nitrogens with zero attached hydrogens (tertiary/aromatic N) is 3. The molecule has 4 aromatic rings. The van der Waals surface area contributed by atoms with E-state index in [1.807, 2.05) is 119 Å². The molecule has 1 heterocycles. The Balaban J connectivity index is 0.000000900. The molecular weight excluding hydrogens is 612 g/mol. The van der Waals surface area contributed by atoms with Gasteiger partial charge >= 0.3 is 5.69 Å². The third-order valence-electron chi connectivity index (χ3n) is 5.61. The molecule has 1 aromatic heterocycles. The van der Waals surface area contributed by atoms with Crippen LogP contribution in [0.15, 0.2) is 102 Å². The Kier molecular flexibility index (Phi) is 22.6. The van der Waals surface area contributed by atoms with Gasteiger partial charge in [0.2, 0.25) is 0 Å². The molecule has 0 atom stereocenters. The molecule has 11 heteroatoms. The standard InChI is InChI=1S/C21H20ClN3OS.C9H12NO2.C2H6.2CH2O/c1-23-21(26)17-7-5-16(6-8-17)14-25(15-19-4-2-3-13-24-19)27-20-11-9-18(22)10-12-20;1-3-8-5-4-6-9(7-8)10(11)12-2;3*1-2/h2-13H,14-15H2,1H3,(H,23,26);4-7H,3H2,1-2H3;1-2H3;2*1H2/q;+1;;;. The Morgan fingerprint density at radius 1 is 0.911 bits per heavy atom. The van der Waals surface area contributed by atoms with Gasteiger partial charge in [-0.05, 0) is 78.0 Å². The van der Waals surface area contributed by atoms with Gasteiger partial charge in [0, 0.05) is 47.4 Å². The van der Waals surface area contributed by atoms with Crippen LogP contribution in [0.4, 0.5) is 5.69 Å². The highest BCUT2D eigenvalue weighted by atomic mass is 35.5. The molecule has 1 amide bonds. The van der Waals surface area contributed by atoms with Gasteiger partial charge in [0.05, 0.1) is 17.1 Å². The van der Waals surface area contributed by atoms with Gasteiger partial charge in [0.25, 0.3) is 10.8 Å². The van der Waals surface area contributed by atoms with Gasteiger partial charge in [-0.25, -0.2) is 9.14 Å². The lowest BCUT2D eigenvalue weighted by atomic mass is 10.1. The van der Waals surface area contributed by atoms with E-state index < -0.39 is 0 Å². The fraction of sp³-hybridized carbons (Fsp3) is 0.235. The number of benzene rings is 3. The average molecular weight is 654 g/mol. The van der Waals surface area contributed by atoms with Crippen molar-refractivity contribution in [1.82, 2.24) is 14.6 Å². The molecule has 9 nitrogen and oxygen atoms in total. The average Bonchev–Trinajstić information content (AvgIpc) is 3.12. The van der Waals surface area contributed by atoms with E-state index in [2.05, 4.69) is 19.4 Å². The van der Waals surface area contributed by atoms with Crippen LogP contribution in [0.25, 0.3) is 0 Å². The largest absolute Gasteiger partial charge is 0.355 e. The zero-order valence-corrected chi connectivity index (χ0v) is 28.0. The maximum absolute atomic E-state index is 11.7. The fourth-order valence-electron chi connectivity index (χ4n) is 3.54. The lowest BCUT2D eigenvalue weighted by molar-refractivity contribution is -0.736. The zero-order chi connectivity index (χ0) is 34.0. The number of carbonyl (C=O) groups is 3. The summed E-state index contributed by atoms with van der Waals surface area (Å²) in [5.41, 5.74) is 4.45. The summed E-state index contributed by atoms with van der Waals surface area (Å²) in [4.78, 5) is 49.2. The number of amides is 1. The second-order valence-electron chi connectivity index (χ2n) is 8.40. The van der Waals surface area contributed by atoms with E-state index in [0.717, 1.165) is 39.7 Å². The van der Waals surface area contributed by atoms with E-state index in [1.54, 1.807) is 31.3 Å². The lowest BCUT2D eigenvalue weighted by Gasteiger charge is -2.21. The first-order chi connectivity index (χ1) is 21.9. The minimum absolute atomic E-state index is 0.0811. The SMILES string of the molecule is C=O.C=O.CC.CCc1cccc([N+](=O)OC)c1.CNC(=O)c1ccc(CN(Cc2ccccn2)Sc2ccc(Cl)cc2)cc1. The molecule has 0 spiro atoms. The normalized spacial score (nSPS) is 9.31. The van der Waals surface area contributed by atoms with Crippen LogP contribution in [0.5, 0.6) is 0 Å². The van der Waals surface area contributed by atoms with Crippen molar-refractivity contribution in [3.8, 4) is 0 Å². The summed E-state index contributed by atoms with van der Waals surface area (Å²) in [5.74, 6) is -0.0811. The predicted molar refractivity (Wildman–Crippen MR) is 182 cm³/mol. The molecule has 0 aliphatic carbocycles. The summed E-state index contributed by atoms with van der Waals surface area (Å²) in [7, 11) is 2.99. The van der Waals surface area contributed by atoms with Crippen molar-refractivity contribution in [2.45, 2.75) is 45.2 Å². The first-order valence-corrected chi connectivity index (χ1v) is 15.1. The number of nitrogens with one attached hydrogen (secondary N) is 1. The Hall–Kier alpha value is -4.38. The monoisotopic (exact) mass is 653 g/mol. The van der Waals surface area contributed by atoms with Crippen molar-refractivity contribution in [1.29, 1.82) is 0 Å². The van der Waals surface area contributed by atoms with Gasteiger partial charge in [-0.2, -0.15) is 0 Å². The minimum atomic E-state index is -0.0811. The molecule has 0 radical (unpaired) electrons. The third kappa shape index (κ3) is 15.8. The van der Waals surface area contributed by atoms with Gasteiger partial charge in [0.1, 0.15) is 13.6 Å². The third-order valence-corrected chi connectivity index (χ3v) is 6.86. The Bertz CT molecular complexity index is 1380. The highest BCUT2D eigenvalue weighted by Crippen LogP contribution is 2.27. The van der Waals surface area contributed by atoms with E-state index >= 15 is 0 Å². The van der Waals surface area contributed by atoms with Crippen LogP contribution in [0, 0.1) is 4.91 Å². The summed E-state index contributed by atoms with van der Waals surface area (Å²) in [5, 5.41) is 3.36. The van der Waals surface area contributed by atoms with E-state index in [-0.39, 0.29) is 5.91 Å². The first kappa shape index (κ1) is 40.6. The number of carbonyl (C=O) groups excluding carboxylic acids is 3. The molecule has 0 fully saturated rings. The van der Waals surface area contributed by atoms with Gasteiger partial charge in [-0.1, -0.05) is 62.7 Å². The van der Waals surface area contributed by atoms with Crippen molar-refractivity contribution >= 4 is 48.7 Å². The first-order valence-electron chi connectivity index (χ1n) is 14.0. The molecular formula is C34H42ClN4O5S+. The van der Waals surface area contributed by atoms with Crippen molar-refractivity contribution in [2.24, 2.45) is 0 Å². The number of aromatic nitrogens is 1. The molecule has 3 aromatic carbocycles. The quantitative estimate of drug-likeness (QED) is 0.137. The van der Waals surface area contributed by atoms with E-state index in [9.17, 15) is 9.70 Å². The van der Waals surface area contributed by atoms with Gasteiger partial charge < -0.3 is 14.9 Å². The number of hydrogen-bond donors (Lipinski definition) is 1. The van der Waals surface area contributed by atoms with Crippen LogP contribution in [0.1, 0.15) is 48.0 Å². The summed E-state index contributed by atoms with van der Waals surface area (Å²) in [6.45, 7) is 11.5.